The number of hydrogen-bond donors (Lipinski definition) is 1. The van der Waals surface area contributed by atoms with Crippen molar-refractivity contribution in [2.45, 2.75) is 13.1 Å². The standard InChI is InChI=1S/C22H23N3O4/c1-28-12-13-29-19-9-5-6-17(14-19)15-23-21(26)16-25-22(27)11-10-20(24-25)18-7-3-2-4-8-18/h2-11,14H,12-13,15-16H2,1H3,(H,23,26). The van der Waals surface area contributed by atoms with Crippen LogP contribution in [0.1, 0.15) is 5.56 Å². The van der Waals surface area contributed by atoms with E-state index in [-0.39, 0.29) is 18.0 Å². The molecule has 0 atom stereocenters. The summed E-state index contributed by atoms with van der Waals surface area (Å²) in [6, 6.07) is 20.0. The number of rotatable bonds is 9. The van der Waals surface area contributed by atoms with Crippen molar-refractivity contribution in [1.29, 1.82) is 0 Å². The van der Waals surface area contributed by atoms with Crippen LogP contribution in [-0.4, -0.2) is 36.0 Å². The molecule has 0 bridgehead atoms. The van der Waals surface area contributed by atoms with Gasteiger partial charge >= 0.3 is 0 Å². The molecule has 1 N–H and O–H groups in total. The van der Waals surface area contributed by atoms with Crippen molar-refractivity contribution in [3.05, 3.63) is 82.6 Å². The van der Waals surface area contributed by atoms with Crippen molar-refractivity contribution in [1.82, 2.24) is 15.1 Å². The van der Waals surface area contributed by atoms with Crippen LogP contribution in [0.15, 0.2) is 71.5 Å². The van der Waals surface area contributed by atoms with Crippen LogP contribution < -0.4 is 15.6 Å². The fourth-order valence-corrected chi connectivity index (χ4v) is 2.71. The second-order valence-corrected chi connectivity index (χ2v) is 6.35. The fraction of sp³-hybridized carbons (Fsp3) is 0.227. The van der Waals surface area contributed by atoms with Crippen LogP contribution in [-0.2, 0) is 22.6 Å². The number of aromatic nitrogens is 2. The fourth-order valence-electron chi connectivity index (χ4n) is 2.71. The Balaban J connectivity index is 1.60. The minimum atomic E-state index is -0.326. The molecule has 1 amide bonds. The van der Waals surface area contributed by atoms with Gasteiger partial charge in [0.2, 0.25) is 5.91 Å². The molecule has 0 aliphatic heterocycles. The molecular weight excluding hydrogens is 370 g/mol. The van der Waals surface area contributed by atoms with Crippen LogP contribution in [0.5, 0.6) is 5.75 Å². The van der Waals surface area contributed by atoms with E-state index in [0.29, 0.717) is 31.2 Å². The molecule has 0 aliphatic carbocycles. The average molecular weight is 393 g/mol. The highest BCUT2D eigenvalue weighted by Gasteiger charge is 2.08. The Hall–Kier alpha value is -3.45. The summed E-state index contributed by atoms with van der Waals surface area (Å²) in [5.41, 5.74) is 2.09. The Bertz CT molecular complexity index is 1000. The first-order chi connectivity index (χ1) is 14.2. The minimum absolute atomic E-state index is 0.149. The maximum Gasteiger partial charge on any atom is 0.267 e. The summed E-state index contributed by atoms with van der Waals surface area (Å²) in [7, 11) is 1.62. The van der Waals surface area contributed by atoms with Crippen LogP contribution in [0.4, 0.5) is 0 Å². The molecule has 0 radical (unpaired) electrons. The number of carbonyl (C=O) groups excluding carboxylic acids is 1. The minimum Gasteiger partial charge on any atom is -0.491 e. The summed E-state index contributed by atoms with van der Waals surface area (Å²) < 4.78 is 11.7. The van der Waals surface area contributed by atoms with Gasteiger partial charge < -0.3 is 14.8 Å². The second-order valence-electron chi connectivity index (χ2n) is 6.35. The number of ether oxygens (including phenoxy) is 2. The van der Waals surface area contributed by atoms with Gasteiger partial charge in [0.15, 0.2) is 0 Å². The molecule has 7 nitrogen and oxygen atoms in total. The van der Waals surface area contributed by atoms with E-state index in [0.717, 1.165) is 11.1 Å². The number of benzene rings is 2. The lowest BCUT2D eigenvalue weighted by molar-refractivity contribution is -0.122. The molecule has 29 heavy (non-hydrogen) atoms. The summed E-state index contributed by atoms with van der Waals surface area (Å²) in [5, 5.41) is 7.11. The zero-order chi connectivity index (χ0) is 20.5. The van der Waals surface area contributed by atoms with Gasteiger partial charge in [-0.3, -0.25) is 9.59 Å². The van der Waals surface area contributed by atoms with Gasteiger partial charge in [0.1, 0.15) is 18.9 Å². The molecule has 0 spiro atoms. The Labute approximate surface area is 168 Å². The van der Waals surface area contributed by atoms with Gasteiger partial charge in [-0.25, -0.2) is 4.68 Å². The number of carbonyl (C=O) groups is 1. The molecule has 1 aromatic heterocycles. The first-order valence-electron chi connectivity index (χ1n) is 9.26. The summed E-state index contributed by atoms with van der Waals surface area (Å²) in [6.07, 6.45) is 0. The van der Waals surface area contributed by atoms with Crippen LogP contribution in [0, 0.1) is 0 Å². The van der Waals surface area contributed by atoms with Crippen molar-refractivity contribution in [2.24, 2.45) is 0 Å². The predicted octanol–water partition coefficient (Wildman–Crippen LogP) is 2.25. The van der Waals surface area contributed by atoms with Crippen LogP contribution >= 0.6 is 0 Å². The van der Waals surface area contributed by atoms with Gasteiger partial charge in [-0.2, -0.15) is 5.10 Å². The van der Waals surface area contributed by atoms with E-state index in [1.807, 2.05) is 54.6 Å². The van der Waals surface area contributed by atoms with Gasteiger partial charge in [0, 0.05) is 25.3 Å². The van der Waals surface area contributed by atoms with E-state index in [1.165, 1.54) is 10.7 Å². The largest absolute Gasteiger partial charge is 0.491 e. The van der Waals surface area contributed by atoms with E-state index >= 15 is 0 Å². The normalized spacial score (nSPS) is 10.5. The third-order valence-electron chi connectivity index (χ3n) is 4.17. The molecule has 3 rings (SSSR count). The Kier molecular flexibility index (Phi) is 7.13. The summed E-state index contributed by atoms with van der Waals surface area (Å²) in [6.45, 7) is 1.14. The quantitative estimate of drug-likeness (QED) is 0.564. The summed E-state index contributed by atoms with van der Waals surface area (Å²) >= 11 is 0. The highest BCUT2D eigenvalue weighted by atomic mass is 16.5. The Morgan fingerprint density at radius 2 is 1.86 bits per heavy atom. The first kappa shape index (κ1) is 20.3. The number of amides is 1. The van der Waals surface area contributed by atoms with E-state index in [1.54, 1.807) is 13.2 Å². The van der Waals surface area contributed by atoms with Gasteiger partial charge in [0.25, 0.3) is 5.56 Å². The van der Waals surface area contributed by atoms with Gasteiger partial charge in [-0.15, -0.1) is 0 Å². The second kappa shape index (κ2) is 10.2. The maximum absolute atomic E-state index is 12.3. The van der Waals surface area contributed by atoms with Crippen LogP contribution in [0.3, 0.4) is 0 Å². The third kappa shape index (κ3) is 6.02. The van der Waals surface area contributed by atoms with Crippen molar-refractivity contribution >= 4 is 5.91 Å². The molecular formula is C22H23N3O4. The van der Waals surface area contributed by atoms with Gasteiger partial charge in [-0.1, -0.05) is 42.5 Å². The molecule has 1 heterocycles. The monoisotopic (exact) mass is 393 g/mol. The SMILES string of the molecule is COCCOc1cccc(CNC(=O)Cn2nc(-c3ccccc3)ccc2=O)c1. The first-order valence-corrected chi connectivity index (χ1v) is 9.26. The lowest BCUT2D eigenvalue weighted by atomic mass is 10.1. The zero-order valence-electron chi connectivity index (χ0n) is 16.2. The van der Waals surface area contributed by atoms with E-state index in [2.05, 4.69) is 10.4 Å². The van der Waals surface area contributed by atoms with E-state index in [9.17, 15) is 9.59 Å². The molecule has 0 saturated carbocycles. The van der Waals surface area contributed by atoms with Crippen molar-refractivity contribution in [3.63, 3.8) is 0 Å². The van der Waals surface area contributed by atoms with Gasteiger partial charge in [0.05, 0.1) is 12.3 Å². The Morgan fingerprint density at radius 3 is 2.66 bits per heavy atom. The zero-order valence-corrected chi connectivity index (χ0v) is 16.2. The van der Waals surface area contributed by atoms with Crippen molar-refractivity contribution in [3.8, 4) is 17.0 Å². The maximum atomic E-state index is 12.3. The third-order valence-corrected chi connectivity index (χ3v) is 4.17. The predicted molar refractivity (Wildman–Crippen MR) is 110 cm³/mol. The molecule has 0 saturated heterocycles. The lowest BCUT2D eigenvalue weighted by Gasteiger charge is -2.10. The Morgan fingerprint density at radius 1 is 1.03 bits per heavy atom. The van der Waals surface area contributed by atoms with Crippen molar-refractivity contribution in [2.75, 3.05) is 20.3 Å². The molecule has 0 fully saturated rings. The number of nitrogens with zero attached hydrogens (tertiary/aromatic N) is 2. The molecule has 0 aliphatic rings. The number of methoxy groups -OCH3 is 1. The summed E-state index contributed by atoms with van der Waals surface area (Å²) in [5.74, 6) is 0.415. The smallest absolute Gasteiger partial charge is 0.267 e. The molecule has 2 aromatic carbocycles. The van der Waals surface area contributed by atoms with Crippen LogP contribution in [0.25, 0.3) is 11.3 Å². The van der Waals surface area contributed by atoms with Crippen molar-refractivity contribution < 1.29 is 14.3 Å². The van der Waals surface area contributed by atoms with E-state index < -0.39 is 0 Å². The number of nitrogens with one attached hydrogen (secondary N) is 1. The number of hydrogen-bond acceptors (Lipinski definition) is 5. The van der Waals surface area contributed by atoms with E-state index in [4.69, 9.17) is 9.47 Å². The highest BCUT2D eigenvalue weighted by Crippen LogP contribution is 2.14. The topological polar surface area (TPSA) is 82.4 Å². The molecule has 0 unspecified atom stereocenters. The molecule has 3 aromatic rings. The van der Waals surface area contributed by atoms with Gasteiger partial charge in [-0.05, 0) is 23.8 Å². The highest BCUT2D eigenvalue weighted by molar-refractivity contribution is 5.75. The molecule has 7 heteroatoms. The average Bonchev–Trinajstić information content (AvgIpc) is 2.75. The summed E-state index contributed by atoms with van der Waals surface area (Å²) in [4.78, 5) is 24.4. The lowest BCUT2D eigenvalue weighted by Crippen LogP contribution is -2.33. The van der Waals surface area contributed by atoms with Crippen LogP contribution in [0.2, 0.25) is 0 Å². The molecule has 150 valence electrons.